The molecule has 0 N–H and O–H groups in total. The summed E-state index contributed by atoms with van der Waals surface area (Å²) in [4.78, 5) is 12.3. The Morgan fingerprint density at radius 1 is 0.674 bits per heavy atom. The van der Waals surface area contributed by atoms with Gasteiger partial charge in [0.1, 0.15) is 22.2 Å². The molecule has 4 aromatic carbocycles. The Hall–Kier alpha value is -4.98. The summed E-state index contributed by atoms with van der Waals surface area (Å²) in [6.07, 6.45) is 0. The minimum absolute atomic E-state index is 0.114. The molecule has 43 heavy (non-hydrogen) atoms. The number of hydrogen-bond acceptors (Lipinski definition) is 6. The van der Waals surface area contributed by atoms with Gasteiger partial charge in [-0.2, -0.15) is 17.2 Å². The maximum Gasteiger partial charge on any atom is 0.339 e. The SMILES string of the molecule is COc1cc(F)cc(-c2ccc(-n3c(=O)ccc4cc(S(=O)(=O)Oc5c(F)c(F)c(F)c(F)c5F)ccc43)c(OC)c2)c1. The molecule has 0 spiro atoms. The lowest BCUT2D eigenvalue weighted by molar-refractivity contribution is 0.346. The van der Waals surface area contributed by atoms with Crippen LogP contribution in [0.15, 0.2) is 76.4 Å². The third-order valence-corrected chi connectivity index (χ3v) is 7.60. The van der Waals surface area contributed by atoms with Crippen LogP contribution in [0.3, 0.4) is 0 Å². The van der Waals surface area contributed by atoms with Gasteiger partial charge in [-0.15, -0.1) is 0 Å². The first-order valence-corrected chi connectivity index (χ1v) is 13.4. The molecular formula is C29H17F6NO6S. The molecule has 0 aliphatic rings. The molecule has 0 fully saturated rings. The van der Waals surface area contributed by atoms with Crippen molar-refractivity contribution in [2.45, 2.75) is 4.90 Å². The minimum atomic E-state index is -5.13. The van der Waals surface area contributed by atoms with Gasteiger partial charge in [-0.3, -0.25) is 9.36 Å². The maximum atomic E-state index is 14.1. The second kappa shape index (κ2) is 11.0. The van der Waals surface area contributed by atoms with Crippen LogP contribution in [0.2, 0.25) is 0 Å². The quantitative estimate of drug-likeness (QED) is 0.0922. The highest BCUT2D eigenvalue weighted by Crippen LogP contribution is 2.34. The van der Waals surface area contributed by atoms with E-state index in [9.17, 15) is 39.6 Å². The molecule has 0 aliphatic heterocycles. The molecule has 0 amide bonds. The summed E-state index contributed by atoms with van der Waals surface area (Å²) in [6, 6.07) is 14.2. The minimum Gasteiger partial charge on any atom is -0.497 e. The predicted octanol–water partition coefficient (Wildman–Crippen LogP) is 6.28. The molecular weight excluding hydrogens is 604 g/mol. The molecule has 0 bridgehead atoms. The summed E-state index contributed by atoms with van der Waals surface area (Å²) in [5, 5.41) is 0.114. The van der Waals surface area contributed by atoms with Gasteiger partial charge in [0.25, 0.3) is 5.56 Å². The lowest BCUT2D eigenvalue weighted by Gasteiger charge is -2.16. The van der Waals surface area contributed by atoms with E-state index in [2.05, 4.69) is 4.18 Å². The van der Waals surface area contributed by atoms with Crippen molar-refractivity contribution in [2.75, 3.05) is 14.2 Å². The molecule has 0 saturated heterocycles. The van der Waals surface area contributed by atoms with E-state index in [0.717, 1.165) is 18.2 Å². The topological polar surface area (TPSA) is 83.8 Å². The van der Waals surface area contributed by atoms with Crippen LogP contribution < -0.4 is 19.2 Å². The second-order valence-corrected chi connectivity index (χ2v) is 10.5. The van der Waals surface area contributed by atoms with Gasteiger partial charge in [0, 0.05) is 17.5 Å². The number of halogens is 6. The van der Waals surface area contributed by atoms with Crippen LogP contribution in [0.1, 0.15) is 0 Å². The van der Waals surface area contributed by atoms with E-state index < -0.39 is 61.2 Å². The summed E-state index contributed by atoms with van der Waals surface area (Å²) < 4.78 is 124. The number of hydrogen-bond donors (Lipinski definition) is 0. The number of rotatable bonds is 7. The van der Waals surface area contributed by atoms with Crippen molar-refractivity contribution >= 4 is 21.0 Å². The molecule has 222 valence electrons. The number of pyridine rings is 1. The molecule has 0 unspecified atom stereocenters. The number of nitrogens with zero attached hydrogens (tertiary/aromatic N) is 1. The van der Waals surface area contributed by atoms with Gasteiger partial charge in [-0.25, -0.2) is 17.6 Å². The zero-order valence-electron chi connectivity index (χ0n) is 21.9. The fourth-order valence-corrected chi connectivity index (χ4v) is 5.30. The zero-order valence-corrected chi connectivity index (χ0v) is 22.7. The Morgan fingerprint density at radius 2 is 1.35 bits per heavy atom. The Kier molecular flexibility index (Phi) is 7.56. The van der Waals surface area contributed by atoms with E-state index >= 15 is 0 Å². The molecule has 5 aromatic rings. The van der Waals surface area contributed by atoms with Crippen molar-refractivity contribution in [3.8, 4) is 34.1 Å². The first-order valence-electron chi connectivity index (χ1n) is 12.0. The lowest BCUT2D eigenvalue weighted by Crippen LogP contribution is -2.19. The van der Waals surface area contributed by atoms with Crippen molar-refractivity contribution in [1.29, 1.82) is 0 Å². The van der Waals surface area contributed by atoms with Gasteiger partial charge in [0.05, 0.1) is 25.4 Å². The summed E-state index contributed by atoms with van der Waals surface area (Å²) >= 11 is 0. The highest BCUT2D eigenvalue weighted by atomic mass is 32.2. The average molecular weight is 622 g/mol. The van der Waals surface area contributed by atoms with Gasteiger partial charge in [0.15, 0.2) is 0 Å². The first kappa shape index (κ1) is 29.5. The lowest BCUT2D eigenvalue weighted by atomic mass is 10.0. The molecule has 5 rings (SSSR count). The third-order valence-electron chi connectivity index (χ3n) is 6.38. The van der Waals surface area contributed by atoms with Crippen molar-refractivity contribution in [3.63, 3.8) is 0 Å². The Bertz CT molecular complexity index is 2070. The third kappa shape index (κ3) is 5.25. The molecule has 0 saturated carbocycles. The Balaban J connectivity index is 1.59. The monoisotopic (exact) mass is 621 g/mol. The fourth-order valence-electron chi connectivity index (χ4n) is 4.33. The first-order chi connectivity index (χ1) is 20.4. The van der Waals surface area contributed by atoms with E-state index in [1.807, 2.05) is 0 Å². The van der Waals surface area contributed by atoms with Gasteiger partial charge < -0.3 is 13.7 Å². The summed E-state index contributed by atoms with van der Waals surface area (Å²) in [6.45, 7) is 0. The van der Waals surface area contributed by atoms with Gasteiger partial charge >= 0.3 is 10.1 Å². The highest BCUT2D eigenvalue weighted by Gasteiger charge is 2.31. The van der Waals surface area contributed by atoms with Gasteiger partial charge in [-0.1, -0.05) is 6.07 Å². The van der Waals surface area contributed by atoms with Crippen LogP contribution in [0.5, 0.6) is 17.2 Å². The summed E-state index contributed by atoms with van der Waals surface area (Å²) in [7, 11) is -2.41. The molecule has 14 heteroatoms. The maximum absolute atomic E-state index is 14.1. The predicted molar refractivity (Wildman–Crippen MR) is 142 cm³/mol. The fraction of sp³-hybridized carbons (Fsp3) is 0.0690. The van der Waals surface area contributed by atoms with Crippen LogP contribution in [0.4, 0.5) is 26.3 Å². The van der Waals surface area contributed by atoms with Crippen molar-refractivity contribution in [3.05, 3.63) is 112 Å². The average Bonchev–Trinajstić information content (AvgIpc) is 3.00. The molecule has 0 aliphatic carbocycles. The molecule has 7 nitrogen and oxygen atoms in total. The van der Waals surface area contributed by atoms with E-state index in [-0.39, 0.29) is 28.1 Å². The van der Waals surface area contributed by atoms with E-state index in [4.69, 9.17) is 9.47 Å². The molecule has 0 radical (unpaired) electrons. The van der Waals surface area contributed by atoms with Crippen molar-refractivity contribution in [2.24, 2.45) is 0 Å². The summed E-state index contributed by atoms with van der Waals surface area (Å²) in [5.74, 6) is -14.3. The van der Waals surface area contributed by atoms with Gasteiger partial charge in [-0.05, 0) is 59.7 Å². The Morgan fingerprint density at radius 3 is 2.00 bits per heavy atom. The standard InChI is InChI=1S/C29H17F6NO6S/c1-40-18-10-16(9-17(30)13-18)14-3-6-21(22(12-14)41-2)36-20-7-5-19(11-15(20)4-8-23(36)37)43(38,39)42-29-27(34)25(32)24(31)26(33)28(29)35/h3-13H,1-2H3. The molecule has 1 aromatic heterocycles. The van der Waals surface area contributed by atoms with E-state index in [1.165, 1.54) is 49.1 Å². The van der Waals surface area contributed by atoms with Crippen LogP contribution in [0.25, 0.3) is 27.7 Å². The smallest absolute Gasteiger partial charge is 0.339 e. The number of ether oxygens (including phenoxy) is 2. The normalized spacial score (nSPS) is 11.5. The highest BCUT2D eigenvalue weighted by molar-refractivity contribution is 7.87. The van der Waals surface area contributed by atoms with Crippen molar-refractivity contribution < 1.29 is 48.4 Å². The van der Waals surface area contributed by atoms with Crippen LogP contribution in [-0.4, -0.2) is 27.2 Å². The number of benzene rings is 4. The van der Waals surface area contributed by atoms with Crippen LogP contribution in [0, 0.1) is 34.9 Å². The summed E-state index contributed by atoms with van der Waals surface area (Å²) in [5.41, 5.74) is 0.792. The number of aromatic nitrogens is 1. The largest absolute Gasteiger partial charge is 0.497 e. The van der Waals surface area contributed by atoms with Crippen molar-refractivity contribution in [1.82, 2.24) is 4.57 Å². The molecule has 1 heterocycles. The molecule has 0 atom stereocenters. The van der Waals surface area contributed by atoms with Crippen LogP contribution >= 0.6 is 0 Å². The van der Waals surface area contributed by atoms with E-state index in [1.54, 1.807) is 18.2 Å². The zero-order chi connectivity index (χ0) is 31.2. The Labute approximate surface area is 239 Å². The number of fused-ring (bicyclic) bond motifs is 1. The second-order valence-electron chi connectivity index (χ2n) is 8.93. The van der Waals surface area contributed by atoms with Crippen LogP contribution in [-0.2, 0) is 10.1 Å². The van der Waals surface area contributed by atoms with E-state index in [0.29, 0.717) is 11.1 Å². The van der Waals surface area contributed by atoms with Gasteiger partial charge in [0.2, 0.25) is 34.8 Å². The number of methoxy groups -OCH3 is 2.